The van der Waals surface area contributed by atoms with Crippen molar-refractivity contribution < 1.29 is 19.5 Å². The standard InChI is InChI=1S/C19H24N2O4/c1-2-20(16(22)13-19(18(24)25)10-6-11-19)15-9-12-21(17(15)23)14-7-4-3-5-8-14/h3-5,7-8,15H,2,6,9-13H2,1H3,(H,24,25). The predicted octanol–water partition coefficient (Wildman–Crippen LogP) is 2.29. The van der Waals surface area contributed by atoms with Crippen LogP contribution in [0.3, 0.4) is 0 Å². The van der Waals surface area contributed by atoms with E-state index in [1.54, 1.807) is 9.80 Å². The van der Waals surface area contributed by atoms with Crippen LogP contribution in [0.5, 0.6) is 0 Å². The van der Waals surface area contributed by atoms with Crippen LogP contribution < -0.4 is 4.90 Å². The van der Waals surface area contributed by atoms with Gasteiger partial charge in [0.25, 0.3) is 0 Å². The number of hydrogen-bond donors (Lipinski definition) is 1. The first-order chi connectivity index (χ1) is 12.0. The number of likely N-dealkylation sites (N-methyl/N-ethyl adjacent to an activating group) is 1. The molecular formula is C19H24N2O4. The van der Waals surface area contributed by atoms with Crippen LogP contribution in [0.15, 0.2) is 30.3 Å². The summed E-state index contributed by atoms with van der Waals surface area (Å²) in [4.78, 5) is 40.4. The molecule has 2 aliphatic rings. The zero-order chi connectivity index (χ0) is 18.0. The quantitative estimate of drug-likeness (QED) is 0.859. The number of carboxylic acid groups (broad SMARTS) is 1. The van der Waals surface area contributed by atoms with Gasteiger partial charge in [-0.2, -0.15) is 0 Å². The maximum atomic E-state index is 12.8. The fraction of sp³-hybridized carbons (Fsp3) is 0.526. The Morgan fingerprint density at radius 3 is 2.48 bits per heavy atom. The first kappa shape index (κ1) is 17.5. The highest BCUT2D eigenvalue weighted by molar-refractivity contribution is 6.01. The normalized spacial score (nSPS) is 21.7. The van der Waals surface area contributed by atoms with Crippen LogP contribution >= 0.6 is 0 Å². The van der Waals surface area contributed by atoms with Crippen molar-refractivity contribution in [2.45, 2.75) is 45.1 Å². The summed E-state index contributed by atoms with van der Waals surface area (Å²) in [7, 11) is 0. The lowest BCUT2D eigenvalue weighted by atomic mass is 9.66. The van der Waals surface area contributed by atoms with Crippen LogP contribution in [-0.2, 0) is 14.4 Å². The third-order valence-electron chi connectivity index (χ3n) is 5.54. The van der Waals surface area contributed by atoms with Gasteiger partial charge in [-0.1, -0.05) is 24.6 Å². The number of carbonyl (C=O) groups excluding carboxylic acids is 2. The Labute approximate surface area is 147 Å². The Hall–Kier alpha value is -2.37. The molecule has 0 bridgehead atoms. The molecule has 0 spiro atoms. The van der Waals surface area contributed by atoms with Gasteiger partial charge in [-0.3, -0.25) is 14.4 Å². The van der Waals surface area contributed by atoms with Crippen molar-refractivity contribution >= 4 is 23.5 Å². The number of para-hydroxylation sites is 1. The molecule has 1 aliphatic carbocycles. The minimum absolute atomic E-state index is 0.00864. The molecule has 0 aromatic heterocycles. The Morgan fingerprint density at radius 1 is 1.28 bits per heavy atom. The average Bonchev–Trinajstić information content (AvgIpc) is 2.94. The van der Waals surface area contributed by atoms with Gasteiger partial charge >= 0.3 is 5.97 Å². The second kappa shape index (κ2) is 6.86. The van der Waals surface area contributed by atoms with Crippen LogP contribution in [0, 0.1) is 5.41 Å². The summed E-state index contributed by atoms with van der Waals surface area (Å²) in [6.45, 7) is 2.82. The lowest BCUT2D eigenvalue weighted by molar-refractivity contribution is -0.160. The van der Waals surface area contributed by atoms with E-state index in [2.05, 4.69) is 0 Å². The monoisotopic (exact) mass is 344 g/mol. The van der Waals surface area contributed by atoms with Gasteiger partial charge < -0.3 is 14.9 Å². The lowest BCUT2D eigenvalue weighted by Gasteiger charge is -2.39. The molecule has 1 aliphatic heterocycles. The number of nitrogens with zero attached hydrogens (tertiary/aromatic N) is 2. The molecule has 1 unspecified atom stereocenters. The van der Waals surface area contributed by atoms with E-state index < -0.39 is 17.4 Å². The van der Waals surface area contributed by atoms with Crippen molar-refractivity contribution in [1.29, 1.82) is 0 Å². The summed E-state index contributed by atoms with van der Waals surface area (Å²) in [5, 5.41) is 9.45. The van der Waals surface area contributed by atoms with E-state index in [0.29, 0.717) is 32.4 Å². The molecule has 1 atom stereocenters. The summed E-state index contributed by atoms with van der Waals surface area (Å²) in [6, 6.07) is 8.92. The number of hydrogen-bond acceptors (Lipinski definition) is 3. The number of aliphatic carboxylic acids is 1. The van der Waals surface area contributed by atoms with Crippen molar-refractivity contribution in [3.8, 4) is 0 Å². The minimum atomic E-state index is -0.925. The summed E-state index contributed by atoms with van der Waals surface area (Å²) >= 11 is 0. The van der Waals surface area contributed by atoms with Crippen molar-refractivity contribution in [3.63, 3.8) is 0 Å². The van der Waals surface area contributed by atoms with E-state index >= 15 is 0 Å². The Balaban J connectivity index is 1.72. The number of carbonyl (C=O) groups is 3. The average molecular weight is 344 g/mol. The molecule has 1 aromatic rings. The molecule has 1 saturated carbocycles. The Morgan fingerprint density at radius 2 is 1.96 bits per heavy atom. The van der Waals surface area contributed by atoms with Crippen LogP contribution in [0.25, 0.3) is 0 Å². The van der Waals surface area contributed by atoms with Gasteiger partial charge in [-0.15, -0.1) is 0 Å². The molecule has 0 radical (unpaired) electrons. The number of benzene rings is 1. The molecule has 6 heteroatoms. The van der Waals surface area contributed by atoms with Crippen molar-refractivity contribution in [2.75, 3.05) is 18.0 Å². The summed E-state index contributed by atoms with van der Waals surface area (Å²) in [5.74, 6) is -1.20. The van der Waals surface area contributed by atoms with Crippen molar-refractivity contribution in [1.82, 2.24) is 4.90 Å². The summed E-state index contributed by atoms with van der Waals surface area (Å²) in [6.07, 6.45) is 2.50. The zero-order valence-corrected chi connectivity index (χ0v) is 14.5. The molecular weight excluding hydrogens is 320 g/mol. The predicted molar refractivity (Wildman–Crippen MR) is 93.1 cm³/mol. The number of carboxylic acids is 1. The molecule has 2 amide bonds. The van der Waals surface area contributed by atoms with Crippen molar-refractivity contribution in [2.24, 2.45) is 5.41 Å². The van der Waals surface area contributed by atoms with E-state index in [9.17, 15) is 19.5 Å². The Bertz CT molecular complexity index is 669. The second-order valence-corrected chi connectivity index (χ2v) is 6.93. The SMILES string of the molecule is CCN(C(=O)CC1(C(=O)O)CCC1)C1CCN(c2ccccc2)C1=O. The molecule has 3 rings (SSSR count). The van der Waals surface area contributed by atoms with Gasteiger partial charge in [-0.05, 0) is 38.3 Å². The first-order valence-corrected chi connectivity index (χ1v) is 8.88. The minimum Gasteiger partial charge on any atom is -0.481 e. The number of anilines is 1. The number of rotatable bonds is 6. The summed E-state index contributed by atoms with van der Waals surface area (Å²) < 4.78 is 0. The third kappa shape index (κ3) is 3.13. The molecule has 2 fully saturated rings. The van der Waals surface area contributed by atoms with Crippen LogP contribution in [0.1, 0.15) is 39.0 Å². The fourth-order valence-electron chi connectivity index (χ4n) is 3.85. The Kier molecular flexibility index (Phi) is 4.79. The van der Waals surface area contributed by atoms with Crippen LogP contribution in [-0.4, -0.2) is 46.9 Å². The van der Waals surface area contributed by atoms with Gasteiger partial charge in [0, 0.05) is 25.2 Å². The zero-order valence-electron chi connectivity index (χ0n) is 14.5. The molecule has 1 N–H and O–H groups in total. The van der Waals surface area contributed by atoms with Crippen molar-refractivity contribution in [3.05, 3.63) is 30.3 Å². The fourth-order valence-corrected chi connectivity index (χ4v) is 3.85. The maximum absolute atomic E-state index is 12.8. The number of amides is 2. The van der Waals surface area contributed by atoms with Crippen LogP contribution in [0.4, 0.5) is 5.69 Å². The van der Waals surface area contributed by atoms with Gasteiger partial charge in [0.15, 0.2) is 0 Å². The largest absolute Gasteiger partial charge is 0.481 e. The molecule has 25 heavy (non-hydrogen) atoms. The molecule has 1 aromatic carbocycles. The molecule has 1 saturated heterocycles. The van der Waals surface area contributed by atoms with E-state index in [1.807, 2.05) is 37.3 Å². The highest BCUT2D eigenvalue weighted by atomic mass is 16.4. The van der Waals surface area contributed by atoms with Gasteiger partial charge in [0.2, 0.25) is 11.8 Å². The summed E-state index contributed by atoms with van der Waals surface area (Å²) in [5.41, 5.74) is -0.0925. The molecule has 1 heterocycles. The second-order valence-electron chi connectivity index (χ2n) is 6.93. The van der Waals surface area contributed by atoms with Gasteiger partial charge in [-0.25, -0.2) is 0 Å². The van der Waals surface area contributed by atoms with E-state index in [0.717, 1.165) is 12.1 Å². The topological polar surface area (TPSA) is 77.9 Å². The smallest absolute Gasteiger partial charge is 0.310 e. The van der Waals surface area contributed by atoms with Crippen LogP contribution in [0.2, 0.25) is 0 Å². The third-order valence-corrected chi connectivity index (χ3v) is 5.54. The van der Waals surface area contributed by atoms with Gasteiger partial charge in [0.1, 0.15) is 6.04 Å². The molecule has 6 nitrogen and oxygen atoms in total. The lowest BCUT2D eigenvalue weighted by Crippen LogP contribution is -2.49. The van der Waals surface area contributed by atoms with E-state index in [-0.39, 0.29) is 18.2 Å². The maximum Gasteiger partial charge on any atom is 0.310 e. The van der Waals surface area contributed by atoms with Gasteiger partial charge in [0.05, 0.1) is 5.41 Å². The van der Waals surface area contributed by atoms with E-state index in [1.165, 1.54) is 0 Å². The highest BCUT2D eigenvalue weighted by Gasteiger charge is 2.48. The first-order valence-electron chi connectivity index (χ1n) is 8.88. The highest BCUT2D eigenvalue weighted by Crippen LogP contribution is 2.44. The van der Waals surface area contributed by atoms with E-state index in [4.69, 9.17) is 0 Å². The molecule has 134 valence electrons.